The van der Waals surface area contributed by atoms with Gasteiger partial charge in [0, 0.05) is 17.4 Å². The molecule has 0 fully saturated rings. The molecule has 8 nitrogen and oxygen atoms in total. The molecule has 2 amide bonds. The number of hydrogen-bond donors (Lipinski definition) is 2. The van der Waals surface area contributed by atoms with Crippen molar-refractivity contribution >= 4 is 39.6 Å². The van der Waals surface area contributed by atoms with Gasteiger partial charge in [0.2, 0.25) is 5.91 Å². The molecular weight excluding hydrogens is 380 g/mol. The number of rotatable bonds is 6. The minimum atomic E-state index is -4.49. The summed E-state index contributed by atoms with van der Waals surface area (Å²) in [4.78, 5) is 34.8. The maximum absolute atomic E-state index is 12.7. The molecule has 1 aromatic rings. The largest absolute Gasteiger partial charge is 0.478 e. The Morgan fingerprint density at radius 2 is 1.69 bits per heavy atom. The van der Waals surface area contributed by atoms with Crippen molar-refractivity contribution in [2.45, 2.75) is 43.4 Å². The van der Waals surface area contributed by atoms with Gasteiger partial charge in [-0.05, 0) is 24.3 Å². The van der Waals surface area contributed by atoms with Gasteiger partial charge in [0.25, 0.3) is 15.9 Å². The van der Waals surface area contributed by atoms with E-state index in [1.165, 1.54) is 11.8 Å². The standard InChI is InChI=1S/C16H22N2O6S2/c1-10(19)18(14(20)13(17)9-25-16(2,3)4)26(23,24)12-7-5-11(6-8-12)15(21)22/h5-8,13H,9,17H2,1-4H3,(H,21,22)/t13-/m0/s1. The van der Waals surface area contributed by atoms with Crippen LogP contribution in [-0.2, 0) is 19.6 Å². The Labute approximate surface area is 156 Å². The Bertz CT molecular complexity index is 797. The molecule has 1 aromatic carbocycles. The summed E-state index contributed by atoms with van der Waals surface area (Å²) in [7, 11) is -4.49. The first kappa shape index (κ1) is 22.1. The number of aromatic carboxylic acids is 1. The van der Waals surface area contributed by atoms with Gasteiger partial charge >= 0.3 is 5.97 Å². The molecule has 3 N–H and O–H groups in total. The number of nitrogens with zero attached hydrogens (tertiary/aromatic N) is 1. The van der Waals surface area contributed by atoms with Crippen molar-refractivity contribution in [2.75, 3.05) is 5.75 Å². The minimum absolute atomic E-state index is 0.122. The number of imide groups is 1. The lowest BCUT2D eigenvalue weighted by Gasteiger charge is -2.24. The highest BCUT2D eigenvalue weighted by Gasteiger charge is 2.36. The summed E-state index contributed by atoms with van der Waals surface area (Å²) < 4.78 is 25.3. The summed E-state index contributed by atoms with van der Waals surface area (Å²) in [6, 6.07) is 3.02. The van der Waals surface area contributed by atoms with Crippen LogP contribution in [0.3, 0.4) is 0 Å². The van der Waals surface area contributed by atoms with Crippen LogP contribution < -0.4 is 5.73 Å². The third kappa shape index (κ3) is 5.55. The van der Waals surface area contributed by atoms with Gasteiger partial charge in [-0.25, -0.2) is 13.2 Å². The summed E-state index contributed by atoms with van der Waals surface area (Å²) in [6.45, 7) is 6.69. The molecule has 144 valence electrons. The van der Waals surface area contributed by atoms with E-state index >= 15 is 0 Å². The predicted molar refractivity (Wildman–Crippen MR) is 98.3 cm³/mol. The SMILES string of the molecule is CC(=O)N(C(=O)[C@@H](N)CSC(C)(C)C)S(=O)(=O)c1ccc(C(=O)O)cc1. The summed E-state index contributed by atoms with van der Waals surface area (Å²) in [6.07, 6.45) is 0. The lowest BCUT2D eigenvalue weighted by Crippen LogP contribution is -2.50. The number of nitrogens with two attached hydrogens (primary N) is 1. The molecule has 0 radical (unpaired) electrons. The Kier molecular flexibility index (Phi) is 6.97. The van der Waals surface area contributed by atoms with Crippen molar-refractivity contribution < 1.29 is 27.9 Å². The maximum Gasteiger partial charge on any atom is 0.335 e. The van der Waals surface area contributed by atoms with E-state index in [1.807, 2.05) is 20.8 Å². The van der Waals surface area contributed by atoms with Crippen LogP contribution in [0.25, 0.3) is 0 Å². The van der Waals surface area contributed by atoms with Crippen molar-refractivity contribution in [3.63, 3.8) is 0 Å². The molecule has 1 atom stereocenters. The van der Waals surface area contributed by atoms with E-state index in [9.17, 15) is 22.8 Å². The fourth-order valence-electron chi connectivity index (χ4n) is 1.88. The lowest BCUT2D eigenvalue weighted by atomic mass is 10.2. The fourth-order valence-corrected chi connectivity index (χ4v) is 4.10. The molecule has 10 heteroatoms. The van der Waals surface area contributed by atoms with Gasteiger partial charge in [0.1, 0.15) is 0 Å². The zero-order chi connectivity index (χ0) is 20.3. The Balaban J connectivity index is 3.16. The van der Waals surface area contributed by atoms with Gasteiger partial charge in [-0.1, -0.05) is 20.8 Å². The average Bonchev–Trinajstić information content (AvgIpc) is 2.51. The Hall–Kier alpha value is -1.91. The maximum atomic E-state index is 12.7. The molecular formula is C16H22N2O6S2. The van der Waals surface area contributed by atoms with Gasteiger partial charge in [0.05, 0.1) is 16.5 Å². The van der Waals surface area contributed by atoms with Crippen LogP contribution in [0.4, 0.5) is 0 Å². The highest BCUT2D eigenvalue weighted by atomic mass is 32.2. The van der Waals surface area contributed by atoms with Crippen molar-refractivity contribution in [2.24, 2.45) is 5.73 Å². The minimum Gasteiger partial charge on any atom is -0.478 e. The molecule has 0 saturated carbocycles. The second-order valence-corrected chi connectivity index (χ2v) is 10.1. The Morgan fingerprint density at radius 3 is 2.08 bits per heavy atom. The number of carboxylic acids is 1. The number of amides is 2. The summed E-state index contributed by atoms with van der Waals surface area (Å²) in [5.41, 5.74) is 5.67. The zero-order valence-corrected chi connectivity index (χ0v) is 16.6. The second kappa shape index (κ2) is 8.19. The van der Waals surface area contributed by atoms with Gasteiger partial charge < -0.3 is 10.8 Å². The molecule has 0 saturated heterocycles. The highest BCUT2D eigenvalue weighted by molar-refractivity contribution is 8.00. The molecule has 0 aliphatic heterocycles. The van der Waals surface area contributed by atoms with Crippen LogP contribution in [-0.4, -0.2) is 52.2 Å². The summed E-state index contributed by atoms with van der Waals surface area (Å²) >= 11 is 1.37. The summed E-state index contributed by atoms with van der Waals surface area (Å²) in [5.74, 6) is -3.11. The van der Waals surface area contributed by atoms with Crippen molar-refractivity contribution in [1.82, 2.24) is 4.31 Å². The zero-order valence-electron chi connectivity index (χ0n) is 14.9. The molecule has 0 bridgehead atoms. The number of carboxylic acid groups (broad SMARTS) is 1. The van der Waals surface area contributed by atoms with E-state index in [1.54, 1.807) is 0 Å². The van der Waals surface area contributed by atoms with E-state index in [0.29, 0.717) is 0 Å². The highest BCUT2D eigenvalue weighted by Crippen LogP contribution is 2.24. The molecule has 0 aliphatic rings. The second-order valence-electron chi connectivity index (χ2n) is 6.49. The van der Waals surface area contributed by atoms with Crippen LogP contribution >= 0.6 is 11.8 Å². The topological polar surface area (TPSA) is 135 Å². The number of thioether (sulfide) groups is 1. The number of carbonyl (C=O) groups excluding carboxylic acids is 2. The molecule has 0 heterocycles. The van der Waals surface area contributed by atoms with E-state index < -0.39 is 33.8 Å². The van der Waals surface area contributed by atoms with Crippen LogP contribution in [0, 0.1) is 0 Å². The molecule has 0 aromatic heterocycles. The number of hydrogen-bond acceptors (Lipinski definition) is 7. The van der Waals surface area contributed by atoms with E-state index in [0.717, 1.165) is 31.2 Å². The van der Waals surface area contributed by atoms with Gasteiger partial charge in [-0.15, -0.1) is 0 Å². The van der Waals surface area contributed by atoms with Crippen LogP contribution in [0.2, 0.25) is 0 Å². The number of carbonyl (C=O) groups is 3. The van der Waals surface area contributed by atoms with Crippen molar-refractivity contribution in [3.8, 4) is 0 Å². The molecule has 0 unspecified atom stereocenters. The van der Waals surface area contributed by atoms with E-state index in [2.05, 4.69) is 0 Å². The lowest BCUT2D eigenvalue weighted by molar-refractivity contribution is -0.137. The van der Waals surface area contributed by atoms with Gasteiger partial charge in [-0.2, -0.15) is 16.1 Å². The fraction of sp³-hybridized carbons (Fsp3) is 0.438. The predicted octanol–water partition coefficient (Wildman–Crippen LogP) is 1.31. The van der Waals surface area contributed by atoms with E-state index in [-0.39, 0.29) is 25.3 Å². The first-order valence-corrected chi connectivity index (χ1v) is 10.0. The molecule has 0 aliphatic carbocycles. The van der Waals surface area contributed by atoms with Crippen LogP contribution in [0.5, 0.6) is 0 Å². The van der Waals surface area contributed by atoms with Gasteiger partial charge in [0.15, 0.2) is 0 Å². The number of sulfonamides is 1. The van der Waals surface area contributed by atoms with Crippen molar-refractivity contribution in [1.29, 1.82) is 0 Å². The van der Waals surface area contributed by atoms with Crippen LogP contribution in [0.15, 0.2) is 29.2 Å². The van der Waals surface area contributed by atoms with Crippen LogP contribution in [0.1, 0.15) is 38.1 Å². The third-order valence-electron chi connectivity index (χ3n) is 3.14. The molecule has 1 rings (SSSR count). The quantitative estimate of drug-likeness (QED) is 0.727. The normalized spacial score (nSPS) is 13.1. The first-order valence-electron chi connectivity index (χ1n) is 7.60. The molecule has 26 heavy (non-hydrogen) atoms. The van der Waals surface area contributed by atoms with Crippen molar-refractivity contribution in [3.05, 3.63) is 29.8 Å². The Morgan fingerprint density at radius 1 is 1.19 bits per heavy atom. The molecule has 0 spiro atoms. The monoisotopic (exact) mass is 402 g/mol. The average molecular weight is 402 g/mol. The summed E-state index contributed by atoms with van der Waals surface area (Å²) in [5, 5.41) is 8.87. The smallest absolute Gasteiger partial charge is 0.335 e. The third-order valence-corrected chi connectivity index (χ3v) is 6.32. The van der Waals surface area contributed by atoms with E-state index in [4.69, 9.17) is 10.8 Å². The number of benzene rings is 1. The van der Waals surface area contributed by atoms with Gasteiger partial charge in [-0.3, -0.25) is 9.59 Å². The first-order chi connectivity index (χ1) is 11.8.